The molecule has 52 valence electrons. The highest BCUT2D eigenvalue weighted by atomic mass is 35.5. The molecule has 0 saturated carbocycles. The number of oxime groups is 1. The van der Waals surface area contributed by atoms with Gasteiger partial charge in [-0.1, -0.05) is 5.16 Å². The number of nitrogens with zero attached hydrogens (tertiary/aromatic N) is 2. The number of hydrogen-bond donors (Lipinski definition) is 1. The fourth-order valence-corrected chi connectivity index (χ4v) is 0.489. The van der Waals surface area contributed by atoms with Gasteiger partial charge in [-0.05, 0) is 0 Å². The number of carbonyl (C=O) groups excluding carboxylic acids is 1. The molecule has 0 fully saturated rings. The molecule has 0 saturated heterocycles. The van der Waals surface area contributed by atoms with Crippen molar-refractivity contribution in [3.05, 3.63) is 0 Å². The summed E-state index contributed by atoms with van der Waals surface area (Å²) in [6, 6.07) is -0.000602. The first-order valence-corrected chi connectivity index (χ1v) is 2.76. The van der Waals surface area contributed by atoms with Gasteiger partial charge >= 0.3 is 0 Å². The molecule has 0 spiro atoms. The number of carbonyl (C=O) groups is 1. The van der Waals surface area contributed by atoms with Gasteiger partial charge in [-0.25, -0.2) is 0 Å². The van der Waals surface area contributed by atoms with Gasteiger partial charge in [0.25, 0.3) is 0 Å². The normalized spacial score (nSPS) is 10.0. The summed E-state index contributed by atoms with van der Waals surface area (Å²) in [6.45, 7) is 1.32. The molecular weight excluding hydrogens is 144 g/mol. The summed E-state index contributed by atoms with van der Waals surface area (Å²) in [6.07, 6.45) is 0.954. The van der Waals surface area contributed by atoms with Crippen molar-refractivity contribution in [2.75, 3.05) is 6.00 Å². The van der Waals surface area contributed by atoms with E-state index in [-0.39, 0.29) is 11.9 Å². The van der Waals surface area contributed by atoms with E-state index in [0.29, 0.717) is 0 Å². The lowest BCUT2D eigenvalue weighted by Crippen LogP contribution is -2.25. The molecule has 0 aliphatic carbocycles. The Kier molecular flexibility index (Phi) is 3.79. The smallest absolute Gasteiger partial charge is 0.225 e. The summed E-state index contributed by atoms with van der Waals surface area (Å²) >= 11 is 5.24. The predicted octanol–water partition coefficient (Wildman–Crippen LogP) is 0.449. The topological polar surface area (TPSA) is 52.9 Å². The van der Waals surface area contributed by atoms with Crippen molar-refractivity contribution in [1.29, 1.82) is 0 Å². The predicted molar refractivity (Wildman–Crippen MR) is 33.5 cm³/mol. The molecule has 1 N–H and O–H groups in total. The Morgan fingerprint density at radius 3 is 2.67 bits per heavy atom. The number of hydrogen-bond acceptors (Lipinski definition) is 3. The third kappa shape index (κ3) is 2.92. The summed E-state index contributed by atoms with van der Waals surface area (Å²) in [5.74, 6) is -0.261. The summed E-state index contributed by atoms with van der Waals surface area (Å²) < 4.78 is 0. The van der Waals surface area contributed by atoms with Crippen molar-refractivity contribution in [2.24, 2.45) is 5.16 Å². The van der Waals surface area contributed by atoms with E-state index in [9.17, 15) is 4.79 Å². The fraction of sp³-hybridized carbons (Fsp3) is 0.500. The molecule has 0 bridgehead atoms. The molecule has 0 radical (unpaired) electrons. The van der Waals surface area contributed by atoms with E-state index in [1.807, 2.05) is 0 Å². The second kappa shape index (κ2) is 4.14. The first-order valence-electron chi connectivity index (χ1n) is 2.23. The van der Waals surface area contributed by atoms with Crippen LogP contribution >= 0.6 is 11.6 Å². The molecule has 0 aliphatic rings. The van der Waals surface area contributed by atoms with Crippen molar-refractivity contribution in [3.8, 4) is 0 Å². The number of rotatable bonds is 2. The van der Waals surface area contributed by atoms with Gasteiger partial charge in [0.05, 0.1) is 0 Å². The largest absolute Gasteiger partial charge is 0.410 e. The Morgan fingerprint density at radius 1 is 2.00 bits per heavy atom. The molecule has 0 aliphatic heterocycles. The maximum atomic E-state index is 10.4. The van der Waals surface area contributed by atoms with E-state index in [2.05, 4.69) is 5.16 Å². The number of alkyl halides is 1. The molecule has 0 aromatic rings. The molecule has 0 rings (SSSR count). The van der Waals surface area contributed by atoms with Gasteiger partial charge in [0.1, 0.15) is 12.3 Å². The molecule has 0 unspecified atom stereocenters. The average molecular weight is 151 g/mol. The third-order valence-corrected chi connectivity index (χ3v) is 0.982. The zero-order chi connectivity index (χ0) is 7.28. The first-order chi connectivity index (χ1) is 4.22. The average Bonchev–Trinajstić information content (AvgIpc) is 1.82. The number of halogens is 1. The monoisotopic (exact) mass is 150 g/mol. The summed E-state index contributed by atoms with van der Waals surface area (Å²) in [7, 11) is 0. The van der Waals surface area contributed by atoms with Gasteiger partial charge < -0.3 is 5.21 Å². The van der Waals surface area contributed by atoms with Crippen molar-refractivity contribution in [3.63, 3.8) is 0 Å². The van der Waals surface area contributed by atoms with Crippen LogP contribution in [0.5, 0.6) is 0 Å². The number of amides is 1. The highest BCUT2D eigenvalue weighted by Crippen LogP contribution is 1.86. The summed E-state index contributed by atoms with van der Waals surface area (Å²) in [4.78, 5) is 11.5. The van der Waals surface area contributed by atoms with Crippen molar-refractivity contribution in [1.82, 2.24) is 4.90 Å². The minimum absolute atomic E-state index is 0.000602. The van der Waals surface area contributed by atoms with E-state index >= 15 is 0 Å². The molecule has 0 aromatic carbocycles. The Morgan fingerprint density at radius 2 is 2.56 bits per heavy atom. The van der Waals surface area contributed by atoms with Crippen LogP contribution in [-0.4, -0.2) is 28.4 Å². The van der Waals surface area contributed by atoms with Crippen molar-refractivity contribution in [2.45, 2.75) is 6.92 Å². The van der Waals surface area contributed by atoms with Gasteiger partial charge in [-0.2, -0.15) is 0 Å². The van der Waals surface area contributed by atoms with Gasteiger partial charge in [0.15, 0.2) is 0 Å². The van der Waals surface area contributed by atoms with Crippen LogP contribution < -0.4 is 0 Å². The molecule has 0 aromatic heterocycles. The minimum Gasteiger partial charge on any atom is -0.410 e. The van der Waals surface area contributed by atoms with Crippen LogP contribution in [0.15, 0.2) is 5.16 Å². The van der Waals surface area contributed by atoms with Gasteiger partial charge in [-0.3, -0.25) is 9.69 Å². The summed E-state index contributed by atoms with van der Waals surface area (Å²) in [5, 5.41) is 10.6. The van der Waals surface area contributed by atoms with E-state index in [1.165, 1.54) is 6.92 Å². The van der Waals surface area contributed by atoms with Crippen LogP contribution in [0.4, 0.5) is 0 Å². The molecular formula is C4H7ClN2O2. The molecule has 0 heterocycles. The molecule has 9 heavy (non-hydrogen) atoms. The Labute approximate surface area is 57.7 Å². The highest BCUT2D eigenvalue weighted by Gasteiger charge is 2.01. The Balaban J connectivity index is 3.83. The van der Waals surface area contributed by atoms with Crippen LogP contribution in [0.1, 0.15) is 6.92 Å². The Hall–Kier alpha value is -0.770. The van der Waals surface area contributed by atoms with Crippen LogP contribution in [0.25, 0.3) is 0 Å². The maximum absolute atomic E-state index is 10.4. The second-order valence-corrected chi connectivity index (χ2v) is 1.58. The molecule has 1 amide bonds. The van der Waals surface area contributed by atoms with E-state index in [4.69, 9.17) is 16.8 Å². The standard InChI is InChI=1S/C4H7ClN2O2/c1-4(8)7(2-5)3-6-9/h3,9H,2H2,1H3/b6-3+. The van der Waals surface area contributed by atoms with E-state index in [0.717, 1.165) is 11.2 Å². The molecule has 4 nitrogen and oxygen atoms in total. The fourth-order valence-electron chi connectivity index (χ4n) is 0.259. The lowest BCUT2D eigenvalue weighted by molar-refractivity contribution is -0.124. The van der Waals surface area contributed by atoms with Crippen LogP contribution in [0.3, 0.4) is 0 Å². The lowest BCUT2D eigenvalue weighted by Gasteiger charge is -2.07. The van der Waals surface area contributed by atoms with Gasteiger partial charge in [-0.15, -0.1) is 11.6 Å². The Bertz CT molecular complexity index is 126. The van der Waals surface area contributed by atoms with Gasteiger partial charge in [0, 0.05) is 6.92 Å². The first kappa shape index (κ1) is 8.23. The van der Waals surface area contributed by atoms with Crippen LogP contribution in [-0.2, 0) is 4.79 Å². The van der Waals surface area contributed by atoms with Crippen molar-refractivity contribution < 1.29 is 10.0 Å². The zero-order valence-electron chi connectivity index (χ0n) is 4.91. The summed E-state index contributed by atoms with van der Waals surface area (Å²) in [5.41, 5.74) is 0. The maximum Gasteiger partial charge on any atom is 0.225 e. The van der Waals surface area contributed by atoms with Crippen LogP contribution in [0.2, 0.25) is 0 Å². The highest BCUT2D eigenvalue weighted by molar-refractivity contribution is 6.19. The van der Waals surface area contributed by atoms with Crippen molar-refractivity contribution >= 4 is 23.8 Å². The lowest BCUT2D eigenvalue weighted by atomic mass is 10.6. The van der Waals surface area contributed by atoms with Gasteiger partial charge in [0.2, 0.25) is 5.91 Å². The third-order valence-electron chi connectivity index (χ3n) is 0.724. The van der Waals surface area contributed by atoms with E-state index in [1.54, 1.807) is 0 Å². The minimum atomic E-state index is -0.261. The quantitative estimate of drug-likeness (QED) is 0.155. The molecule has 0 atom stereocenters. The SMILES string of the molecule is CC(=O)N(/C=N/O)CCl. The molecule has 5 heteroatoms. The van der Waals surface area contributed by atoms with E-state index < -0.39 is 0 Å². The van der Waals surface area contributed by atoms with Crippen LogP contribution in [0, 0.1) is 0 Å². The zero-order valence-corrected chi connectivity index (χ0v) is 5.67. The second-order valence-electron chi connectivity index (χ2n) is 1.34.